The van der Waals surface area contributed by atoms with Gasteiger partial charge < -0.3 is 5.32 Å². The molecule has 0 spiro atoms. The van der Waals surface area contributed by atoms with Crippen LogP contribution in [-0.2, 0) is 14.8 Å². The van der Waals surface area contributed by atoms with Crippen molar-refractivity contribution >= 4 is 33.2 Å². The van der Waals surface area contributed by atoms with Crippen molar-refractivity contribution in [2.45, 2.75) is 52.5 Å². The Morgan fingerprint density at radius 1 is 1.33 bits per heavy atom. The molecule has 0 aliphatic heterocycles. The molecule has 0 unspecified atom stereocenters. The number of anilines is 1. The minimum absolute atomic E-state index is 0.0712. The number of carbonyl (C=O) groups is 1. The Balaban J connectivity index is 2.80. The summed E-state index contributed by atoms with van der Waals surface area (Å²) in [4.78, 5) is 12.0. The lowest BCUT2D eigenvalue weighted by molar-refractivity contribution is -0.122. The molecule has 0 atom stereocenters. The summed E-state index contributed by atoms with van der Waals surface area (Å²) in [5.41, 5.74) is 1.01. The number of hydrogen-bond acceptors (Lipinski definition) is 3. The van der Waals surface area contributed by atoms with E-state index in [9.17, 15) is 13.2 Å². The highest BCUT2D eigenvalue weighted by molar-refractivity contribution is 7.92. The van der Waals surface area contributed by atoms with Gasteiger partial charge >= 0.3 is 0 Å². The zero-order valence-electron chi connectivity index (χ0n) is 15.0. The van der Waals surface area contributed by atoms with Crippen LogP contribution in [0.15, 0.2) is 18.2 Å². The van der Waals surface area contributed by atoms with Crippen LogP contribution in [0.2, 0.25) is 5.02 Å². The standard InChI is InChI=1S/C17H27ClN2O3S/c1-6-17(3,4)19-16(21)11-8-12-20(24(5,22)23)15-10-7-9-14(18)13(15)2/h7,9-10H,6,8,11-12H2,1-5H3,(H,19,21). The van der Waals surface area contributed by atoms with Gasteiger partial charge in [-0.15, -0.1) is 0 Å². The first kappa shape index (κ1) is 20.8. The lowest BCUT2D eigenvalue weighted by Crippen LogP contribution is -2.43. The Morgan fingerprint density at radius 2 is 1.96 bits per heavy atom. The SMILES string of the molecule is CCC(C)(C)NC(=O)CCCN(c1cccc(Cl)c1C)S(C)(=O)=O. The quantitative estimate of drug-likeness (QED) is 0.757. The molecule has 7 heteroatoms. The molecule has 1 N–H and O–H groups in total. The van der Waals surface area contributed by atoms with E-state index in [2.05, 4.69) is 5.32 Å². The number of hydrogen-bond donors (Lipinski definition) is 1. The summed E-state index contributed by atoms with van der Waals surface area (Å²) in [5, 5.41) is 3.47. The smallest absolute Gasteiger partial charge is 0.232 e. The van der Waals surface area contributed by atoms with Gasteiger partial charge in [-0.3, -0.25) is 9.10 Å². The van der Waals surface area contributed by atoms with E-state index >= 15 is 0 Å². The van der Waals surface area contributed by atoms with Crippen LogP contribution in [0.3, 0.4) is 0 Å². The van der Waals surface area contributed by atoms with Crippen molar-refractivity contribution in [3.8, 4) is 0 Å². The van der Waals surface area contributed by atoms with Crippen LogP contribution in [0.25, 0.3) is 0 Å². The Kier molecular flexibility index (Phi) is 7.10. The van der Waals surface area contributed by atoms with Crippen LogP contribution in [0.1, 0.15) is 45.6 Å². The van der Waals surface area contributed by atoms with E-state index in [4.69, 9.17) is 11.6 Å². The zero-order valence-corrected chi connectivity index (χ0v) is 16.6. The van der Waals surface area contributed by atoms with E-state index in [1.54, 1.807) is 25.1 Å². The van der Waals surface area contributed by atoms with Crippen molar-refractivity contribution in [2.75, 3.05) is 17.1 Å². The second kappa shape index (κ2) is 8.21. The van der Waals surface area contributed by atoms with E-state index in [0.717, 1.165) is 12.7 Å². The van der Waals surface area contributed by atoms with Gasteiger partial charge in [0.2, 0.25) is 15.9 Å². The maximum atomic E-state index is 12.1. The van der Waals surface area contributed by atoms with Crippen molar-refractivity contribution in [2.24, 2.45) is 0 Å². The van der Waals surface area contributed by atoms with E-state index < -0.39 is 10.0 Å². The highest BCUT2D eigenvalue weighted by Crippen LogP contribution is 2.28. The number of carbonyl (C=O) groups excluding carboxylic acids is 1. The number of benzene rings is 1. The summed E-state index contributed by atoms with van der Waals surface area (Å²) in [6, 6.07) is 5.17. The molecule has 0 aliphatic carbocycles. The van der Waals surface area contributed by atoms with Crippen molar-refractivity contribution < 1.29 is 13.2 Å². The van der Waals surface area contributed by atoms with Crippen LogP contribution >= 0.6 is 11.6 Å². The maximum absolute atomic E-state index is 12.1. The third-order valence-electron chi connectivity index (χ3n) is 4.03. The van der Waals surface area contributed by atoms with Gasteiger partial charge in [0.05, 0.1) is 11.9 Å². The summed E-state index contributed by atoms with van der Waals surface area (Å²) in [6.07, 6.45) is 2.70. The molecule has 24 heavy (non-hydrogen) atoms. The molecule has 5 nitrogen and oxygen atoms in total. The van der Waals surface area contributed by atoms with Crippen molar-refractivity contribution in [1.29, 1.82) is 0 Å². The van der Waals surface area contributed by atoms with Crippen LogP contribution in [0.4, 0.5) is 5.69 Å². The van der Waals surface area contributed by atoms with Crippen LogP contribution in [0, 0.1) is 6.92 Å². The summed E-state index contributed by atoms with van der Waals surface area (Å²) in [6.45, 7) is 7.95. The molecule has 0 fully saturated rings. The van der Waals surface area contributed by atoms with Crippen LogP contribution < -0.4 is 9.62 Å². The van der Waals surface area contributed by atoms with Crippen molar-refractivity contribution in [3.05, 3.63) is 28.8 Å². The Labute approximate surface area is 150 Å². The van der Waals surface area contributed by atoms with Gasteiger partial charge in [0.15, 0.2) is 0 Å². The number of nitrogens with one attached hydrogen (secondary N) is 1. The highest BCUT2D eigenvalue weighted by atomic mass is 35.5. The molecule has 0 saturated heterocycles. The van der Waals surface area contributed by atoms with Gasteiger partial charge in [0.1, 0.15) is 0 Å². The van der Waals surface area contributed by atoms with Gasteiger partial charge in [-0.1, -0.05) is 24.6 Å². The molecule has 0 bridgehead atoms. The number of nitrogens with zero attached hydrogens (tertiary/aromatic N) is 1. The lowest BCUT2D eigenvalue weighted by atomic mass is 10.0. The first-order chi connectivity index (χ1) is 11.0. The second-order valence-corrected chi connectivity index (χ2v) is 8.92. The van der Waals surface area contributed by atoms with E-state index in [1.807, 2.05) is 20.8 Å². The van der Waals surface area contributed by atoms with Gasteiger partial charge in [-0.05, 0) is 51.3 Å². The molecule has 0 radical (unpaired) electrons. The maximum Gasteiger partial charge on any atom is 0.232 e. The summed E-state index contributed by atoms with van der Waals surface area (Å²) < 4.78 is 25.6. The first-order valence-corrected chi connectivity index (χ1v) is 10.2. The van der Waals surface area contributed by atoms with Crippen LogP contribution in [-0.4, -0.2) is 32.7 Å². The minimum Gasteiger partial charge on any atom is -0.351 e. The predicted octanol–water partition coefficient (Wildman–Crippen LogP) is 3.50. The molecule has 1 amide bonds. The second-order valence-electron chi connectivity index (χ2n) is 6.61. The fraction of sp³-hybridized carbons (Fsp3) is 0.588. The highest BCUT2D eigenvalue weighted by Gasteiger charge is 2.21. The molecule has 1 rings (SSSR count). The summed E-state index contributed by atoms with van der Waals surface area (Å²) in [5.74, 6) is -0.0712. The normalized spacial score (nSPS) is 12.1. The third kappa shape index (κ3) is 5.98. The topological polar surface area (TPSA) is 66.5 Å². The van der Waals surface area contributed by atoms with E-state index in [0.29, 0.717) is 22.7 Å². The summed E-state index contributed by atoms with van der Waals surface area (Å²) in [7, 11) is -3.45. The minimum atomic E-state index is -3.45. The molecule has 0 aliphatic rings. The summed E-state index contributed by atoms with van der Waals surface area (Å²) >= 11 is 6.10. The average Bonchev–Trinajstić information content (AvgIpc) is 2.45. The monoisotopic (exact) mass is 374 g/mol. The van der Waals surface area contributed by atoms with Gasteiger partial charge in [0.25, 0.3) is 0 Å². The molecule has 1 aromatic rings. The van der Waals surface area contributed by atoms with E-state index in [-0.39, 0.29) is 24.4 Å². The number of rotatable bonds is 8. The zero-order chi connectivity index (χ0) is 18.5. The van der Waals surface area contributed by atoms with Gasteiger partial charge in [-0.25, -0.2) is 8.42 Å². The third-order valence-corrected chi connectivity index (χ3v) is 5.62. The van der Waals surface area contributed by atoms with E-state index in [1.165, 1.54) is 4.31 Å². The molecule has 1 aromatic carbocycles. The molecular weight excluding hydrogens is 348 g/mol. The van der Waals surface area contributed by atoms with Crippen LogP contribution in [0.5, 0.6) is 0 Å². The molecular formula is C17H27ClN2O3S. The molecule has 0 heterocycles. The van der Waals surface area contributed by atoms with Gasteiger partial charge in [0, 0.05) is 23.5 Å². The Bertz CT molecular complexity index is 687. The fourth-order valence-corrected chi connectivity index (χ4v) is 3.43. The first-order valence-electron chi connectivity index (χ1n) is 8.02. The number of halogens is 1. The Morgan fingerprint density at radius 3 is 2.50 bits per heavy atom. The Hall–Kier alpha value is -1.27. The average molecular weight is 375 g/mol. The van der Waals surface area contributed by atoms with Gasteiger partial charge in [-0.2, -0.15) is 0 Å². The molecule has 0 saturated carbocycles. The van der Waals surface area contributed by atoms with Crippen molar-refractivity contribution in [3.63, 3.8) is 0 Å². The van der Waals surface area contributed by atoms with Crippen molar-refractivity contribution in [1.82, 2.24) is 5.32 Å². The molecule has 136 valence electrons. The number of amides is 1. The molecule has 0 aromatic heterocycles. The lowest BCUT2D eigenvalue weighted by Gasteiger charge is -2.26. The number of sulfonamides is 1. The predicted molar refractivity (Wildman–Crippen MR) is 100 cm³/mol. The fourth-order valence-electron chi connectivity index (χ4n) is 2.24. The largest absolute Gasteiger partial charge is 0.351 e.